The number of pyridine rings is 1. The number of nitrogens with one attached hydrogen (secondary N) is 1. The first kappa shape index (κ1) is 15.3. The molecule has 5 heteroatoms. The van der Waals surface area contributed by atoms with Crippen LogP contribution in [0.2, 0.25) is 0 Å². The number of rotatable bonds is 5. The van der Waals surface area contributed by atoms with Crippen molar-refractivity contribution < 1.29 is 4.79 Å². The highest BCUT2D eigenvalue weighted by Gasteiger charge is 2.18. The Kier molecular flexibility index (Phi) is 4.46. The van der Waals surface area contributed by atoms with Crippen molar-refractivity contribution >= 4 is 17.4 Å². The standard InChI is InChI=1S/C18H22N4O/c1-21(2)17-15(7-5-10-19-17)18(23)20-11-13-22-12-9-14-6-3-4-8-16(14)22/h3-8,10H,9,11-13H2,1-2H3,(H,20,23). The Hall–Kier alpha value is -2.56. The van der Waals surface area contributed by atoms with Crippen molar-refractivity contribution in [1.82, 2.24) is 10.3 Å². The average Bonchev–Trinajstić information content (AvgIpc) is 2.98. The highest BCUT2D eigenvalue weighted by Crippen LogP contribution is 2.26. The van der Waals surface area contributed by atoms with E-state index < -0.39 is 0 Å². The summed E-state index contributed by atoms with van der Waals surface area (Å²) in [4.78, 5) is 20.8. The van der Waals surface area contributed by atoms with Crippen molar-refractivity contribution in [2.45, 2.75) is 6.42 Å². The van der Waals surface area contributed by atoms with E-state index in [-0.39, 0.29) is 5.91 Å². The molecule has 0 atom stereocenters. The number of para-hydroxylation sites is 1. The molecule has 1 aliphatic rings. The van der Waals surface area contributed by atoms with Gasteiger partial charge in [0.05, 0.1) is 5.56 Å². The molecule has 1 N–H and O–H groups in total. The molecule has 0 saturated heterocycles. The first-order valence-electron chi connectivity index (χ1n) is 7.90. The largest absolute Gasteiger partial charge is 0.369 e. The topological polar surface area (TPSA) is 48.5 Å². The predicted octanol–water partition coefficient (Wildman–Crippen LogP) is 1.94. The van der Waals surface area contributed by atoms with Crippen LogP contribution >= 0.6 is 0 Å². The minimum Gasteiger partial charge on any atom is -0.369 e. The van der Waals surface area contributed by atoms with Gasteiger partial charge >= 0.3 is 0 Å². The summed E-state index contributed by atoms with van der Waals surface area (Å²) in [6.07, 6.45) is 2.78. The van der Waals surface area contributed by atoms with Crippen LogP contribution in [-0.4, -0.2) is 44.6 Å². The van der Waals surface area contributed by atoms with Gasteiger partial charge in [-0.2, -0.15) is 0 Å². The lowest BCUT2D eigenvalue weighted by Gasteiger charge is -2.20. The highest BCUT2D eigenvalue weighted by atomic mass is 16.1. The molecule has 1 aromatic carbocycles. The molecule has 5 nitrogen and oxygen atoms in total. The first-order valence-corrected chi connectivity index (χ1v) is 7.90. The Balaban J connectivity index is 1.59. The molecule has 0 aliphatic carbocycles. The average molecular weight is 310 g/mol. The monoisotopic (exact) mass is 310 g/mol. The van der Waals surface area contributed by atoms with Gasteiger partial charge in [-0.1, -0.05) is 18.2 Å². The maximum Gasteiger partial charge on any atom is 0.255 e. The number of fused-ring (bicyclic) bond motifs is 1. The zero-order valence-corrected chi connectivity index (χ0v) is 13.6. The van der Waals surface area contributed by atoms with Gasteiger partial charge in [0, 0.05) is 45.6 Å². The minimum atomic E-state index is -0.0747. The van der Waals surface area contributed by atoms with Crippen LogP contribution in [0.4, 0.5) is 11.5 Å². The number of carbonyl (C=O) groups is 1. The summed E-state index contributed by atoms with van der Waals surface area (Å²) in [6, 6.07) is 12.1. The quantitative estimate of drug-likeness (QED) is 0.917. The van der Waals surface area contributed by atoms with Gasteiger partial charge in [0.2, 0.25) is 0 Å². The SMILES string of the molecule is CN(C)c1ncccc1C(=O)NCCN1CCc2ccccc21. The number of aromatic nitrogens is 1. The smallest absolute Gasteiger partial charge is 0.255 e. The third kappa shape index (κ3) is 3.28. The van der Waals surface area contributed by atoms with Crippen LogP contribution in [0.3, 0.4) is 0 Å². The maximum absolute atomic E-state index is 12.4. The lowest BCUT2D eigenvalue weighted by Crippen LogP contribution is -2.34. The minimum absolute atomic E-state index is 0.0747. The van der Waals surface area contributed by atoms with Gasteiger partial charge in [-0.25, -0.2) is 4.98 Å². The van der Waals surface area contributed by atoms with Gasteiger partial charge < -0.3 is 15.1 Å². The molecule has 0 fully saturated rings. The lowest BCUT2D eigenvalue weighted by atomic mass is 10.2. The Morgan fingerprint density at radius 2 is 2.09 bits per heavy atom. The number of carbonyl (C=O) groups excluding carboxylic acids is 1. The number of hydrogen-bond donors (Lipinski definition) is 1. The second-order valence-electron chi connectivity index (χ2n) is 5.89. The Morgan fingerprint density at radius 3 is 2.91 bits per heavy atom. The van der Waals surface area contributed by atoms with Gasteiger partial charge in [0.25, 0.3) is 5.91 Å². The van der Waals surface area contributed by atoms with Gasteiger partial charge in [-0.15, -0.1) is 0 Å². The number of benzene rings is 1. The number of amides is 1. The molecule has 23 heavy (non-hydrogen) atoms. The van der Waals surface area contributed by atoms with Crippen molar-refractivity contribution in [3.63, 3.8) is 0 Å². The molecule has 0 bridgehead atoms. The summed E-state index contributed by atoms with van der Waals surface area (Å²) >= 11 is 0. The summed E-state index contributed by atoms with van der Waals surface area (Å²) in [5.74, 6) is 0.616. The first-order chi connectivity index (χ1) is 11.2. The van der Waals surface area contributed by atoms with Crippen LogP contribution in [0.15, 0.2) is 42.6 Å². The fraction of sp³-hybridized carbons (Fsp3) is 0.333. The Bertz CT molecular complexity index is 699. The summed E-state index contributed by atoms with van der Waals surface area (Å²) < 4.78 is 0. The predicted molar refractivity (Wildman–Crippen MR) is 93.3 cm³/mol. The van der Waals surface area contributed by atoms with Crippen molar-refractivity contribution in [1.29, 1.82) is 0 Å². The molecular weight excluding hydrogens is 288 g/mol. The molecule has 0 radical (unpaired) electrons. The van der Waals surface area contributed by atoms with E-state index in [0.717, 1.165) is 19.5 Å². The maximum atomic E-state index is 12.4. The van der Waals surface area contributed by atoms with E-state index in [1.165, 1.54) is 11.3 Å². The van der Waals surface area contributed by atoms with Crippen LogP contribution < -0.4 is 15.1 Å². The molecule has 2 aromatic rings. The molecule has 1 aromatic heterocycles. The third-order valence-corrected chi connectivity index (χ3v) is 4.11. The van der Waals surface area contributed by atoms with Crippen molar-refractivity contribution in [3.8, 4) is 0 Å². The van der Waals surface area contributed by atoms with E-state index in [9.17, 15) is 4.79 Å². The zero-order valence-electron chi connectivity index (χ0n) is 13.6. The molecule has 3 rings (SSSR count). The highest BCUT2D eigenvalue weighted by molar-refractivity contribution is 5.98. The van der Waals surface area contributed by atoms with Crippen LogP contribution in [0.25, 0.3) is 0 Å². The van der Waals surface area contributed by atoms with E-state index in [1.807, 2.05) is 25.1 Å². The Labute approximate surface area is 136 Å². The molecular formula is C18H22N4O. The summed E-state index contributed by atoms with van der Waals surface area (Å²) in [7, 11) is 3.78. The van der Waals surface area contributed by atoms with Crippen LogP contribution in [0, 0.1) is 0 Å². The summed E-state index contributed by atoms with van der Waals surface area (Å²) in [5.41, 5.74) is 3.29. The van der Waals surface area contributed by atoms with Gasteiger partial charge in [0.15, 0.2) is 0 Å². The van der Waals surface area contributed by atoms with Gasteiger partial charge in [0.1, 0.15) is 5.82 Å². The molecule has 1 amide bonds. The summed E-state index contributed by atoms with van der Waals surface area (Å²) in [5, 5.41) is 3.00. The fourth-order valence-electron chi connectivity index (χ4n) is 2.97. The van der Waals surface area contributed by atoms with E-state index in [0.29, 0.717) is 17.9 Å². The summed E-state index contributed by atoms with van der Waals surface area (Å²) in [6.45, 7) is 2.46. The van der Waals surface area contributed by atoms with Gasteiger partial charge in [-0.3, -0.25) is 4.79 Å². The third-order valence-electron chi connectivity index (χ3n) is 4.11. The number of anilines is 2. The van der Waals surface area contributed by atoms with Crippen LogP contribution in [0.1, 0.15) is 15.9 Å². The van der Waals surface area contributed by atoms with Crippen molar-refractivity contribution in [3.05, 3.63) is 53.7 Å². The van der Waals surface area contributed by atoms with Crippen LogP contribution in [0.5, 0.6) is 0 Å². The van der Waals surface area contributed by atoms with E-state index >= 15 is 0 Å². The molecule has 120 valence electrons. The molecule has 0 unspecified atom stereocenters. The second-order valence-corrected chi connectivity index (χ2v) is 5.89. The number of nitrogens with zero attached hydrogens (tertiary/aromatic N) is 3. The molecule has 0 saturated carbocycles. The molecule has 0 spiro atoms. The molecule has 2 heterocycles. The van der Waals surface area contributed by atoms with E-state index in [2.05, 4.69) is 39.5 Å². The van der Waals surface area contributed by atoms with Crippen molar-refractivity contribution in [2.75, 3.05) is 43.5 Å². The van der Waals surface area contributed by atoms with Gasteiger partial charge in [-0.05, 0) is 30.2 Å². The lowest BCUT2D eigenvalue weighted by molar-refractivity contribution is 0.0955. The molecule has 1 aliphatic heterocycles. The van der Waals surface area contributed by atoms with Crippen LogP contribution in [-0.2, 0) is 6.42 Å². The van der Waals surface area contributed by atoms with E-state index in [4.69, 9.17) is 0 Å². The van der Waals surface area contributed by atoms with Crippen molar-refractivity contribution in [2.24, 2.45) is 0 Å². The normalized spacial score (nSPS) is 12.9. The Morgan fingerprint density at radius 1 is 1.26 bits per heavy atom. The second kappa shape index (κ2) is 6.69. The fourth-order valence-corrected chi connectivity index (χ4v) is 2.97. The van der Waals surface area contributed by atoms with E-state index in [1.54, 1.807) is 12.3 Å². The zero-order chi connectivity index (χ0) is 16.2. The number of hydrogen-bond acceptors (Lipinski definition) is 4.